The van der Waals surface area contributed by atoms with Crippen LogP contribution in [0, 0.1) is 0 Å². The highest BCUT2D eigenvalue weighted by atomic mass is 35.5. The van der Waals surface area contributed by atoms with Crippen LogP contribution in [0.15, 0.2) is 41.6 Å². The molecule has 0 bridgehead atoms. The summed E-state index contributed by atoms with van der Waals surface area (Å²) < 4.78 is 12.4. The molecule has 21 heavy (non-hydrogen) atoms. The molecule has 0 radical (unpaired) electrons. The maximum atomic E-state index is 12.4. The Morgan fingerprint density at radius 2 is 2.00 bits per heavy atom. The molecule has 0 aliphatic carbocycles. The van der Waals surface area contributed by atoms with Crippen molar-refractivity contribution >= 4 is 50.7 Å². The molecule has 1 unspecified atom stereocenters. The summed E-state index contributed by atoms with van der Waals surface area (Å²) in [5, 5.41) is 1.45. The summed E-state index contributed by atoms with van der Waals surface area (Å²) >= 11 is 11.9. The van der Waals surface area contributed by atoms with Crippen molar-refractivity contribution in [3.05, 3.63) is 52.0 Å². The van der Waals surface area contributed by atoms with Gasteiger partial charge < -0.3 is 10.7 Å². The molecule has 0 saturated carbocycles. The van der Waals surface area contributed by atoms with Crippen LogP contribution in [0.5, 0.6) is 0 Å². The summed E-state index contributed by atoms with van der Waals surface area (Å²) in [5.74, 6) is 0.269. The van der Waals surface area contributed by atoms with E-state index in [1.54, 1.807) is 36.4 Å². The minimum Gasteiger partial charge on any atom is -0.399 e. The average molecular weight is 340 g/mol. The SMILES string of the molecule is Nc1ccc2nc(S(=O)Cc3ccc(Cl)cc3Cl)[nH]c2c1. The van der Waals surface area contributed by atoms with E-state index in [2.05, 4.69) is 9.97 Å². The number of hydrogen-bond acceptors (Lipinski definition) is 3. The summed E-state index contributed by atoms with van der Waals surface area (Å²) in [5.41, 5.74) is 8.60. The molecule has 2 aromatic carbocycles. The van der Waals surface area contributed by atoms with Crippen molar-refractivity contribution in [1.82, 2.24) is 9.97 Å². The third kappa shape index (κ3) is 3.05. The second-order valence-electron chi connectivity index (χ2n) is 4.54. The average Bonchev–Trinajstić information content (AvgIpc) is 2.85. The van der Waals surface area contributed by atoms with Crippen molar-refractivity contribution in [1.29, 1.82) is 0 Å². The monoisotopic (exact) mass is 339 g/mol. The molecule has 0 aliphatic heterocycles. The highest BCUT2D eigenvalue weighted by Gasteiger charge is 2.13. The van der Waals surface area contributed by atoms with E-state index in [1.807, 2.05) is 0 Å². The zero-order valence-corrected chi connectivity index (χ0v) is 13.1. The van der Waals surface area contributed by atoms with Crippen LogP contribution < -0.4 is 5.73 Å². The number of benzene rings is 2. The number of nitrogen functional groups attached to an aromatic ring is 1. The predicted octanol–water partition coefficient (Wildman–Crippen LogP) is 3.76. The van der Waals surface area contributed by atoms with Gasteiger partial charge in [-0.1, -0.05) is 29.3 Å². The minimum absolute atomic E-state index is 0.269. The van der Waals surface area contributed by atoms with Gasteiger partial charge in [-0.15, -0.1) is 0 Å². The van der Waals surface area contributed by atoms with E-state index in [9.17, 15) is 4.21 Å². The first kappa shape index (κ1) is 14.4. The first-order valence-electron chi connectivity index (χ1n) is 6.10. The van der Waals surface area contributed by atoms with Crippen molar-refractivity contribution in [2.45, 2.75) is 10.9 Å². The molecule has 0 spiro atoms. The van der Waals surface area contributed by atoms with Gasteiger partial charge in [0.05, 0.1) is 27.6 Å². The third-order valence-electron chi connectivity index (χ3n) is 3.00. The molecule has 3 N–H and O–H groups in total. The van der Waals surface area contributed by atoms with E-state index in [0.717, 1.165) is 16.6 Å². The molecule has 3 rings (SSSR count). The van der Waals surface area contributed by atoms with Gasteiger partial charge in [0.2, 0.25) is 0 Å². The van der Waals surface area contributed by atoms with E-state index >= 15 is 0 Å². The molecule has 3 aromatic rings. The summed E-state index contributed by atoms with van der Waals surface area (Å²) in [4.78, 5) is 7.34. The van der Waals surface area contributed by atoms with Crippen LogP contribution in [-0.2, 0) is 16.6 Å². The number of fused-ring (bicyclic) bond motifs is 1. The van der Waals surface area contributed by atoms with E-state index in [0.29, 0.717) is 20.9 Å². The fraction of sp³-hybridized carbons (Fsp3) is 0.0714. The standard InChI is InChI=1S/C14H11Cl2N3OS/c15-9-2-1-8(11(16)5-9)7-21(20)14-18-12-4-3-10(17)6-13(12)19-14/h1-6H,7,17H2,(H,18,19). The zero-order chi connectivity index (χ0) is 15.0. The number of nitrogens with one attached hydrogen (secondary N) is 1. The Bertz CT molecular complexity index is 847. The Hall–Kier alpha value is -1.56. The lowest BCUT2D eigenvalue weighted by Gasteiger charge is -2.03. The van der Waals surface area contributed by atoms with Crippen molar-refractivity contribution < 1.29 is 4.21 Å². The maximum Gasteiger partial charge on any atom is 0.197 e. The number of imidazole rings is 1. The molecule has 0 saturated heterocycles. The summed E-state index contributed by atoms with van der Waals surface area (Å²) in [6, 6.07) is 10.4. The second kappa shape index (κ2) is 5.67. The number of aromatic amines is 1. The van der Waals surface area contributed by atoms with Gasteiger partial charge in [0.15, 0.2) is 5.16 Å². The number of nitrogens with zero attached hydrogens (tertiary/aromatic N) is 1. The number of halogens is 2. The highest BCUT2D eigenvalue weighted by Crippen LogP contribution is 2.24. The number of nitrogens with two attached hydrogens (primary N) is 1. The lowest BCUT2D eigenvalue weighted by atomic mass is 10.2. The molecular weight excluding hydrogens is 329 g/mol. The Balaban J connectivity index is 1.89. The smallest absolute Gasteiger partial charge is 0.197 e. The Kier molecular flexibility index (Phi) is 3.89. The number of aromatic nitrogens is 2. The summed E-state index contributed by atoms with van der Waals surface area (Å²) in [6.45, 7) is 0. The van der Waals surface area contributed by atoms with Crippen LogP contribution >= 0.6 is 23.2 Å². The molecule has 1 heterocycles. The maximum absolute atomic E-state index is 12.4. The van der Waals surface area contributed by atoms with Gasteiger partial charge in [0.25, 0.3) is 0 Å². The fourth-order valence-corrected chi connectivity index (χ4v) is 3.61. The molecule has 1 aromatic heterocycles. The van der Waals surface area contributed by atoms with Crippen molar-refractivity contribution in [3.8, 4) is 0 Å². The van der Waals surface area contributed by atoms with Crippen molar-refractivity contribution in [3.63, 3.8) is 0 Å². The number of rotatable bonds is 3. The fourth-order valence-electron chi connectivity index (χ4n) is 1.96. The minimum atomic E-state index is -1.33. The lowest BCUT2D eigenvalue weighted by Crippen LogP contribution is -1.99. The lowest BCUT2D eigenvalue weighted by molar-refractivity contribution is 0.677. The zero-order valence-electron chi connectivity index (χ0n) is 10.8. The van der Waals surface area contributed by atoms with Gasteiger partial charge in [-0.05, 0) is 35.9 Å². The highest BCUT2D eigenvalue weighted by molar-refractivity contribution is 7.84. The van der Waals surface area contributed by atoms with Crippen LogP contribution in [0.1, 0.15) is 5.56 Å². The van der Waals surface area contributed by atoms with Gasteiger partial charge >= 0.3 is 0 Å². The quantitative estimate of drug-likeness (QED) is 0.713. The van der Waals surface area contributed by atoms with E-state index < -0.39 is 10.8 Å². The molecule has 1 atom stereocenters. The Labute approximate surface area is 133 Å². The Morgan fingerprint density at radius 3 is 2.76 bits per heavy atom. The molecule has 7 heteroatoms. The second-order valence-corrected chi connectivity index (χ2v) is 6.75. The van der Waals surface area contributed by atoms with Gasteiger partial charge in [-0.2, -0.15) is 0 Å². The summed E-state index contributed by atoms with van der Waals surface area (Å²) in [7, 11) is -1.33. The van der Waals surface area contributed by atoms with Gasteiger partial charge in [0, 0.05) is 15.7 Å². The molecule has 4 nitrogen and oxygen atoms in total. The number of hydrogen-bond donors (Lipinski definition) is 2. The topological polar surface area (TPSA) is 71.8 Å². The summed E-state index contributed by atoms with van der Waals surface area (Å²) in [6.07, 6.45) is 0. The van der Waals surface area contributed by atoms with Crippen LogP contribution in [-0.4, -0.2) is 14.2 Å². The number of H-pyrrole nitrogens is 1. The van der Waals surface area contributed by atoms with Crippen molar-refractivity contribution in [2.75, 3.05) is 5.73 Å². The first-order valence-corrected chi connectivity index (χ1v) is 8.18. The van der Waals surface area contributed by atoms with E-state index in [4.69, 9.17) is 28.9 Å². The van der Waals surface area contributed by atoms with Crippen molar-refractivity contribution in [2.24, 2.45) is 0 Å². The largest absolute Gasteiger partial charge is 0.399 e. The van der Waals surface area contributed by atoms with E-state index in [-0.39, 0.29) is 5.75 Å². The Morgan fingerprint density at radius 1 is 1.19 bits per heavy atom. The van der Waals surface area contributed by atoms with Crippen LogP contribution in [0.2, 0.25) is 10.0 Å². The molecule has 0 amide bonds. The van der Waals surface area contributed by atoms with Gasteiger partial charge in [0.1, 0.15) is 0 Å². The first-order chi connectivity index (χ1) is 10.0. The van der Waals surface area contributed by atoms with Gasteiger partial charge in [-0.25, -0.2) is 4.98 Å². The van der Waals surface area contributed by atoms with Crippen LogP contribution in [0.4, 0.5) is 5.69 Å². The normalized spacial score (nSPS) is 12.7. The molecule has 108 valence electrons. The van der Waals surface area contributed by atoms with Gasteiger partial charge in [-0.3, -0.25) is 4.21 Å². The van der Waals surface area contributed by atoms with Crippen LogP contribution in [0.3, 0.4) is 0 Å². The number of anilines is 1. The van der Waals surface area contributed by atoms with E-state index in [1.165, 1.54) is 0 Å². The van der Waals surface area contributed by atoms with Crippen LogP contribution in [0.25, 0.3) is 11.0 Å². The third-order valence-corrected chi connectivity index (χ3v) is 4.79. The molecular formula is C14H11Cl2N3OS. The molecule has 0 fully saturated rings. The predicted molar refractivity (Wildman–Crippen MR) is 87.1 cm³/mol. The molecule has 0 aliphatic rings.